The first-order valence-electron chi connectivity index (χ1n) is 6.67. The van der Waals surface area contributed by atoms with Crippen molar-refractivity contribution in [2.75, 3.05) is 6.54 Å². The minimum atomic E-state index is -3.56. The van der Waals surface area contributed by atoms with Crippen LogP contribution in [0.15, 0.2) is 41.8 Å². The third-order valence-electron chi connectivity index (χ3n) is 3.53. The van der Waals surface area contributed by atoms with Crippen molar-refractivity contribution in [3.05, 3.63) is 42.5 Å². The lowest BCUT2D eigenvalue weighted by molar-refractivity contribution is -0.128. The van der Waals surface area contributed by atoms with E-state index in [2.05, 4.69) is 6.58 Å². The van der Waals surface area contributed by atoms with Crippen molar-refractivity contribution in [2.45, 2.75) is 36.5 Å². The number of likely N-dealkylation sites (tertiary alicyclic amines) is 1. The summed E-state index contributed by atoms with van der Waals surface area (Å²) in [6.07, 6.45) is 2.96. The van der Waals surface area contributed by atoms with Crippen LogP contribution in [-0.2, 0) is 14.6 Å². The first-order chi connectivity index (χ1) is 9.46. The van der Waals surface area contributed by atoms with Crippen LogP contribution in [0.25, 0.3) is 0 Å². The minimum absolute atomic E-state index is 0.0902. The van der Waals surface area contributed by atoms with E-state index in [4.69, 9.17) is 0 Å². The van der Waals surface area contributed by atoms with E-state index in [0.29, 0.717) is 13.0 Å². The van der Waals surface area contributed by atoms with Gasteiger partial charge in [0, 0.05) is 19.4 Å². The maximum Gasteiger partial charge on any atom is 0.223 e. The van der Waals surface area contributed by atoms with E-state index in [1.807, 2.05) is 6.92 Å². The van der Waals surface area contributed by atoms with Gasteiger partial charge in [0.2, 0.25) is 5.91 Å². The zero-order valence-electron chi connectivity index (χ0n) is 11.6. The Hall–Kier alpha value is -1.62. The number of sulfone groups is 1. The second-order valence-corrected chi connectivity index (χ2v) is 7.13. The highest BCUT2D eigenvalue weighted by atomic mass is 32.2. The molecule has 0 aliphatic carbocycles. The molecule has 1 amide bonds. The molecule has 1 aromatic carbocycles. The second-order valence-electron chi connectivity index (χ2n) is 5.03. The number of hydrogen-bond donors (Lipinski definition) is 0. The second kappa shape index (κ2) is 5.79. The average molecular weight is 293 g/mol. The third kappa shape index (κ3) is 2.77. The lowest BCUT2D eigenvalue weighted by Crippen LogP contribution is -2.41. The molecule has 1 unspecified atom stereocenters. The topological polar surface area (TPSA) is 54.5 Å². The van der Waals surface area contributed by atoms with E-state index in [0.717, 1.165) is 12.0 Å². The van der Waals surface area contributed by atoms with Crippen LogP contribution < -0.4 is 0 Å². The molecule has 1 aromatic rings. The first-order valence-corrected chi connectivity index (χ1v) is 8.22. The molecule has 2 rings (SSSR count). The summed E-state index contributed by atoms with van der Waals surface area (Å²) in [6, 6.07) is 6.73. The molecule has 0 N–H and O–H groups in total. The van der Waals surface area contributed by atoms with Gasteiger partial charge in [0.05, 0.1) is 4.90 Å². The van der Waals surface area contributed by atoms with Crippen molar-refractivity contribution in [1.82, 2.24) is 4.90 Å². The van der Waals surface area contributed by atoms with Crippen molar-refractivity contribution in [3.8, 4) is 0 Å². The number of benzene rings is 1. The molecule has 0 spiro atoms. The molecule has 1 saturated heterocycles. The Labute approximate surface area is 120 Å². The summed E-state index contributed by atoms with van der Waals surface area (Å²) in [5.74, 6) is -0.0902. The predicted molar refractivity (Wildman–Crippen MR) is 77.9 cm³/mol. The number of amides is 1. The van der Waals surface area contributed by atoms with Crippen LogP contribution in [0.2, 0.25) is 0 Å². The Morgan fingerprint density at radius 2 is 2.00 bits per heavy atom. The van der Waals surface area contributed by atoms with E-state index in [1.165, 1.54) is 4.90 Å². The number of aryl methyl sites for hydroxylation is 1. The lowest BCUT2D eigenvalue weighted by Gasteiger charge is -2.26. The molecular formula is C15H19NO3S. The summed E-state index contributed by atoms with van der Waals surface area (Å²) in [7, 11) is -3.56. The van der Waals surface area contributed by atoms with Gasteiger partial charge in [0.25, 0.3) is 0 Å². The predicted octanol–water partition coefficient (Wildman–Crippen LogP) is 2.29. The molecule has 1 aliphatic heterocycles. The molecule has 20 heavy (non-hydrogen) atoms. The van der Waals surface area contributed by atoms with Crippen molar-refractivity contribution in [1.29, 1.82) is 0 Å². The molecule has 4 nitrogen and oxygen atoms in total. The van der Waals surface area contributed by atoms with Gasteiger partial charge in [-0.15, -0.1) is 6.58 Å². The smallest absolute Gasteiger partial charge is 0.223 e. The molecule has 5 heteroatoms. The molecular weight excluding hydrogens is 274 g/mol. The van der Waals surface area contributed by atoms with Gasteiger partial charge in [0.1, 0.15) is 5.37 Å². The summed E-state index contributed by atoms with van der Waals surface area (Å²) in [6.45, 7) is 6.02. The van der Waals surface area contributed by atoms with Crippen LogP contribution in [0.4, 0.5) is 0 Å². The zero-order valence-corrected chi connectivity index (χ0v) is 12.4. The molecule has 0 saturated carbocycles. The molecule has 0 radical (unpaired) electrons. The molecule has 108 valence electrons. The Morgan fingerprint density at radius 3 is 2.50 bits per heavy atom. The van der Waals surface area contributed by atoms with Gasteiger partial charge in [-0.2, -0.15) is 0 Å². The number of rotatable bonds is 5. The zero-order chi connectivity index (χ0) is 14.8. The van der Waals surface area contributed by atoms with Gasteiger partial charge < -0.3 is 4.90 Å². The van der Waals surface area contributed by atoms with E-state index < -0.39 is 15.2 Å². The molecule has 1 fully saturated rings. The average Bonchev–Trinajstić information content (AvgIpc) is 2.82. The van der Waals surface area contributed by atoms with Crippen molar-refractivity contribution < 1.29 is 13.2 Å². The van der Waals surface area contributed by atoms with Gasteiger partial charge in [-0.05, 0) is 25.5 Å². The van der Waals surface area contributed by atoms with E-state index >= 15 is 0 Å². The fraction of sp³-hybridized carbons (Fsp3) is 0.400. The summed E-state index contributed by atoms with van der Waals surface area (Å²) in [4.78, 5) is 13.6. The van der Waals surface area contributed by atoms with Crippen LogP contribution in [0, 0.1) is 6.92 Å². The van der Waals surface area contributed by atoms with E-state index in [1.54, 1.807) is 30.3 Å². The normalized spacial score (nSPS) is 17.2. The summed E-state index contributed by atoms with van der Waals surface area (Å²) in [5.41, 5.74) is 1.00. The van der Waals surface area contributed by atoms with E-state index in [9.17, 15) is 13.2 Å². The van der Waals surface area contributed by atoms with Crippen molar-refractivity contribution >= 4 is 15.7 Å². The largest absolute Gasteiger partial charge is 0.325 e. The number of carbonyl (C=O) groups is 1. The van der Waals surface area contributed by atoms with Crippen molar-refractivity contribution in [3.63, 3.8) is 0 Å². The Balaban J connectivity index is 2.39. The van der Waals surface area contributed by atoms with E-state index in [-0.39, 0.29) is 17.2 Å². The Morgan fingerprint density at radius 1 is 1.35 bits per heavy atom. The van der Waals surface area contributed by atoms with Crippen LogP contribution in [0.5, 0.6) is 0 Å². The SMILES string of the molecule is C=CCC(N1CCCC1=O)S(=O)(=O)c1ccc(C)cc1. The maximum absolute atomic E-state index is 12.7. The van der Waals surface area contributed by atoms with Gasteiger partial charge in [-0.1, -0.05) is 23.8 Å². The van der Waals surface area contributed by atoms with Crippen molar-refractivity contribution in [2.24, 2.45) is 0 Å². The maximum atomic E-state index is 12.7. The lowest BCUT2D eigenvalue weighted by atomic mass is 10.2. The molecule has 0 aromatic heterocycles. The van der Waals surface area contributed by atoms with Gasteiger partial charge in [0.15, 0.2) is 9.84 Å². The van der Waals surface area contributed by atoms with Crippen LogP contribution in [0.1, 0.15) is 24.8 Å². The van der Waals surface area contributed by atoms with Crippen LogP contribution >= 0.6 is 0 Å². The van der Waals surface area contributed by atoms with Gasteiger partial charge in [-0.25, -0.2) is 8.42 Å². The Kier molecular flexibility index (Phi) is 4.28. The highest BCUT2D eigenvalue weighted by Crippen LogP contribution is 2.26. The minimum Gasteiger partial charge on any atom is -0.325 e. The fourth-order valence-corrected chi connectivity index (χ4v) is 4.20. The molecule has 1 heterocycles. The summed E-state index contributed by atoms with van der Waals surface area (Å²) >= 11 is 0. The quantitative estimate of drug-likeness (QED) is 0.783. The summed E-state index contributed by atoms with van der Waals surface area (Å²) in [5, 5.41) is -0.835. The molecule has 1 atom stereocenters. The highest BCUT2D eigenvalue weighted by Gasteiger charge is 2.36. The third-order valence-corrected chi connectivity index (χ3v) is 5.63. The summed E-state index contributed by atoms with van der Waals surface area (Å²) < 4.78 is 25.4. The fourth-order valence-electron chi connectivity index (χ4n) is 2.42. The van der Waals surface area contributed by atoms with Crippen LogP contribution in [0.3, 0.4) is 0 Å². The monoisotopic (exact) mass is 293 g/mol. The first kappa shape index (κ1) is 14.8. The van der Waals surface area contributed by atoms with Crippen LogP contribution in [-0.4, -0.2) is 31.1 Å². The number of nitrogens with zero attached hydrogens (tertiary/aromatic N) is 1. The highest BCUT2D eigenvalue weighted by molar-refractivity contribution is 7.92. The number of hydrogen-bond acceptors (Lipinski definition) is 3. The molecule has 0 bridgehead atoms. The number of carbonyl (C=O) groups excluding carboxylic acids is 1. The molecule has 1 aliphatic rings. The van der Waals surface area contributed by atoms with Gasteiger partial charge in [-0.3, -0.25) is 4.79 Å². The Bertz CT molecular complexity index is 605. The van der Waals surface area contributed by atoms with Gasteiger partial charge >= 0.3 is 0 Å². The standard InChI is InChI=1S/C15H19NO3S/c1-3-5-15(16-11-4-6-14(16)17)20(18,19)13-9-7-12(2)8-10-13/h3,7-10,15H,1,4-6,11H2,2H3.